The SMILES string of the molecule is COc1ccc(N(Cc2ccccc2)C2CCN(CCC(C)N)CC2)cc1. The second kappa shape index (κ2) is 9.77. The van der Waals surface area contributed by atoms with Crippen molar-refractivity contribution in [3.05, 3.63) is 60.2 Å². The van der Waals surface area contributed by atoms with Crippen molar-refractivity contribution in [3.63, 3.8) is 0 Å². The topological polar surface area (TPSA) is 41.7 Å². The van der Waals surface area contributed by atoms with Crippen LogP contribution in [0, 0.1) is 0 Å². The third-order valence-electron chi connectivity index (χ3n) is 5.50. The smallest absolute Gasteiger partial charge is 0.119 e. The number of methoxy groups -OCH3 is 1. The lowest BCUT2D eigenvalue weighted by Gasteiger charge is -2.40. The highest BCUT2D eigenvalue weighted by Gasteiger charge is 2.25. The highest BCUT2D eigenvalue weighted by Crippen LogP contribution is 2.27. The van der Waals surface area contributed by atoms with E-state index in [1.165, 1.54) is 24.1 Å². The van der Waals surface area contributed by atoms with Crippen LogP contribution in [0.2, 0.25) is 0 Å². The lowest BCUT2D eigenvalue weighted by atomic mass is 10.0. The molecule has 1 saturated heterocycles. The summed E-state index contributed by atoms with van der Waals surface area (Å²) >= 11 is 0. The molecule has 1 heterocycles. The average molecular weight is 368 g/mol. The lowest BCUT2D eigenvalue weighted by Crippen LogP contribution is -2.45. The molecule has 2 N–H and O–H groups in total. The van der Waals surface area contributed by atoms with Crippen molar-refractivity contribution in [3.8, 4) is 5.75 Å². The van der Waals surface area contributed by atoms with Crippen LogP contribution in [0.5, 0.6) is 5.75 Å². The molecular weight excluding hydrogens is 334 g/mol. The van der Waals surface area contributed by atoms with E-state index in [4.69, 9.17) is 10.5 Å². The van der Waals surface area contributed by atoms with E-state index in [1.807, 2.05) is 0 Å². The molecular formula is C23H33N3O. The molecule has 0 spiro atoms. The Morgan fingerprint density at radius 1 is 1.07 bits per heavy atom. The van der Waals surface area contributed by atoms with Crippen LogP contribution < -0.4 is 15.4 Å². The highest BCUT2D eigenvalue weighted by atomic mass is 16.5. The molecule has 1 aliphatic heterocycles. The van der Waals surface area contributed by atoms with Gasteiger partial charge in [0.1, 0.15) is 5.75 Å². The first-order valence-electron chi connectivity index (χ1n) is 10.1. The Bertz CT molecular complexity index is 664. The van der Waals surface area contributed by atoms with E-state index in [9.17, 15) is 0 Å². The third kappa shape index (κ3) is 5.72. The fourth-order valence-corrected chi connectivity index (χ4v) is 3.83. The summed E-state index contributed by atoms with van der Waals surface area (Å²) in [7, 11) is 1.72. The van der Waals surface area contributed by atoms with Gasteiger partial charge in [-0.25, -0.2) is 0 Å². The number of nitrogens with two attached hydrogens (primary N) is 1. The van der Waals surface area contributed by atoms with Crippen molar-refractivity contribution < 1.29 is 4.74 Å². The minimum atomic E-state index is 0.289. The van der Waals surface area contributed by atoms with Gasteiger partial charge in [0, 0.05) is 37.4 Å². The van der Waals surface area contributed by atoms with Crippen LogP contribution in [0.25, 0.3) is 0 Å². The standard InChI is InChI=1S/C23H33N3O/c1-19(24)12-15-25-16-13-22(14-17-25)26(18-20-6-4-3-5-7-20)21-8-10-23(27-2)11-9-21/h3-11,19,22H,12-18,24H2,1-2H3. The Labute approximate surface area is 163 Å². The molecule has 0 saturated carbocycles. The zero-order valence-corrected chi connectivity index (χ0v) is 16.7. The van der Waals surface area contributed by atoms with Crippen molar-refractivity contribution in [2.24, 2.45) is 5.73 Å². The molecule has 0 amide bonds. The maximum atomic E-state index is 5.93. The van der Waals surface area contributed by atoms with Crippen molar-refractivity contribution in [1.29, 1.82) is 0 Å². The quantitative estimate of drug-likeness (QED) is 0.768. The van der Waals surface area contributed by atoms with E-state index in [2.05, 4.69) is 71.3 Å². The molecule has 27 heavy (non-hydrogen) atoms. The van der Waals surface area contributed by atoms with Gasteiger partial charge >= 0.3 is 0 Å². The molecule has 1 unspecified atom stereocenters. The Balaban J connectivity index is 1.70. The number of piperidine rings is 1. The fraction of sp³-hybridized carbons (Fsp3) is 0.478. The fourth-order valence-electron chi connectivity index (χ4n) is 3.83. The molecule has 146 valence electrons. The molecule has 0 bridgehead atoms. The Hall–Kier alpha value is -2.04. The molecule has 1 fully saturated rings. The summed E-state index contributed by atoms with van der Waals surface area (Å²) in [5.74, 6) is 0.907. The predicted octanol–water partition coefficient (Wildman–Crippen LogP) is 3.90. The van der Waals surface area contributed by atoms with Gasteiger partial charge in [-0.1, -0.05) is 30.3 Å². The largest absolute Gasteiger partial charge is 0.497 e. The summed E-state index contributed by atoms with van der Waals surface area (Å²) in [5, 5.41) is 0. The van der Waals surface area contributed by atoms with Gasteiger partial charge in [-0.05, 0) is 62.6 Å². The van der Waals surface area contributed by atoms with Gasteiger partial charge in [-0.2, -0.15) is 0 Å². The van der Waals surface area contributed by atoms with Gasteiger partial charge < -0.3 is 20.3 Å². The Kier molecular flexibility index (Phi) is 7.13. The maximum absolute atomic E-state index is 5.93. The van der Waals surface area contributed by atoms with Gasteiger partial charge in [-0.15, -0.1) is 0 Å². The second-order valence-electron chi connectivity index (χ2n) is 7.65. The number of hydrogen-bond donors (Lipinski definition) is 1. The minimum Gasteiger partial charge on any atom is -0.497 e. The van der Waals surface area contributed by atoms with Crippen LogP contribution in [0.4, 0.5) is 5.69 Å². The lowest BCUT2D eigenvalue weighted by molar-refractivity contribution is 0.203. The van der Waals surface area contributed by atoms with E-state index in [-0.39, 0.29) is 6.04 Å². The molecule has 0 aromatic heterocycles. The summed E-state index contributed by atoms with van der Waals surface area (Å²) in [5.41, 5.74) is 8.55. The molecule has 4 nitrogen and oxygen atoms in total. The predicted molar refractivity (Wildman–Crippen MR) is 113 cm³/mol. The van der Waals surface area contributed by atoms with Gasteiger partial charge in [-0.3, -0.25) is 0 Å². The van der Waals surface area contributed by atoms with Gasteiger partial charge in [0.25, 0.3) is 0 Å². The van der Waals surface area contributed by atoms with Crippen molar-refractivity contribution in [2.45, 2.75) is 44.8 Å². The van der Waals surface area contributed by atoms with Gasteiger partial charge in [0.15, 0.2) is 0 Å². The average Bonchev–Trinajstić information content (AvgIpc) is 2.72. The van der Waals surface area contributed by atoms with E-state index >= 15 is 0 Å². The number of likely N-dealkylation sites (tertiary alicyclic amines) is 1. The first-order chi connectivity index (χ1) is 13.2. The third-order valence-corrected chi connectivity index (χ3v) is 5.50. The molecule has 2 aromatic rings. The summed E-state index contributed by atoms with van der Waals surface area (Å²) < 4.78 is 5.34. The van der Waals surface area contributed by atoms with Crippen LogP contribution in [0.15, 0.2) is 54.6 Å². The van der Waals surface area contributed by atoms with Crippen LogP contribution in [-0.4, -0.2) is 43.7 Å². The molecule has 0 radical (unpaired) electrons. The van der Waals surface area contributed by atoms with Crippen LogP contribution in [-0.2, 0) is 6.54 Å². The van der Waals surface area contributed by atoms with E-state index in [0.29, 0.717) is 6.04 Å². The minimum absolute atomic E-state index is 0.289. The first kappa shape index (κ1) is 19.7. The zero-order chi connectivity index (χ0) is 19.1. The molecule has 3 rings (SSSR count). The summed E-state index contributed by atoms with van der Waals surface area (Å²) in [6.45, 7) is 6.46. The molecule has 1 atom stereocenters. The summed E-state index contributed by atoms with van der Waals surface area (Å²) in [4.78, 5) is 5.13. The van der Waals surface area contributed by atoms with E-state index < -0.39 is 0 Å². The Morgan fingerprint density at radius 2 is 1.74 bits per heavy atom. The monoisotopic (exact) mass is 367 g/mol. The number of hydrogen-bond acceptors (Lipinski definition) is 4. The maximum Gasteiger partial charge on any atom is 0.119 e. The number of benzene rings is 2. The van der Waals surface area contributed by atoms with E-state index in [0.717, 1.165) is 38.3 Å². The summed E-state index contributed by atoms with van der Waals surface area (Å²) in [6.07, 6.45) is 3.46. The van der Waals surface area contributed by atoms with E-state index in [1.54, 1.807) is 7.11 Å². The van der Waals surface area contributed by atoms with Crippen molar-refractivity contribution >= 4 is 5.69 Å². The second-order valence-corrected chi connectivity index (χ2v) is 7.65. The zero-order valence-electron chi connectivity index (χ0n) is 16.7. The first-order valence-corrected chi connectivity index (χ1v) is 10.1. The summed E-state index contributed by atoms with van der Waals surface area (Å²) in [6, 6.07) is 20.1. The molecule has 2 aromatic carbocycles. The number of rotatable bonds is 8. The van der Waals surface area contributed by atoms with Crippen molar-refractivity contribution in [2.75, 3.05) is 31.6 Å². The van der Waals surface area contributed by atoms with Gasteiger partial charge in [0.05, 0.1) is 7.11 Å². The van der Waals surface area contributed by atoms with Crippen LogP contribution >= 0.6 is 0 Å². The normalized spacial score (nSPS) is 16.9. The molecule has 4 heteroatoms. The van der Waals surface area contributed by atoms with Gasteiger partial charge in [0.2, 0.25) is 0 Å². The van der Waals surface area contributed by atoms with Crippen LogP contribution in [0.3, 0.4) is 0 Å². The number of ether oxygens (including phenoxy) is 1. The van der Waals surface area contributed by atoms with Crippen LogP contribution in [0.1, 0.15) is 31.7 Å². The highest BCUT2D eigenvalue weighted by molar-refractivity contribution is 5.50. The number of anilines is 1. The van der Waals surface area contributed by atoms with Crippen molar-refractivity contribution in [1.82, 2.24) is 4.90 Å². The number of nitrogens with zero attached hydrogens (tertiary/aromatic N) is 2. The molecule has 1 aliphatic rings. The molecule has 0 aliphatic carbocycles. The Morgan fingerprint density at radius 3 is 2.33 bits per heavy atom.